The van der Waals surface area contributed by atoms with Crippen molar-refractivity contribution in [1.29, 1.82) is 0 Å². The van der Waals surface area contributed by atoms with Gasteiger partial charge in [0.25, 0.3) is 0 Å². The van der Waals surface area contributed by atoms with Gasteiger partial charge in [0.1, 0.15) is 12.2 Å². The first-order chi connectivity index (χ1) is 11.3. The fourth-order valence-electron chi connectivity index (χ4n) is 2.72. The number of para-hydroxylation sites is 1. The monoisotopic (exact) mass is 500 g/mol. The van der Waals surface area contributed by atoms with E-state index >= 15 is 0 Å². The number of hydrogen-bond acceptors (Lipinski definition) is 5. The van der Waals surface area contributed by atoms with Crippen molar-refractivity contribution < 1.29 is 20.1 Å². The summed E-state index contributed by atoms with van der Waals surface area (Å²) in [5.41, 5.74) is 22.5. The van der Waals surface area contributed by atoms with Crippen LogP contribution in [0.4, 0.5) is 0 Å². The Morgan fingerprint density at radius 3 is 2.25 bits per heavy atom. The molecule has 3 aromatic rings. The van der Waals surface area contributed by atoms with Gasteiger partial charge in [-0.1, -0.05) is 23.8 Å². The summed E-state index contributed by atoms with van der Waals surface area (Å²) in [7, 11) is 0. The number of hydrogen-bond donors (Lipinski definition) is 3. The maximum atomic E-state index is 5.91. The Labute approximate surface area is 154 Å². The molecule has 3 rings (SSSR count). The van der Waals surface area contributed by atoms with Crippen molar-refractivity contribution >= 4 is 0 Å². The van der Waals surface area contributed by atoms with E-state index in [9.17, 15) is 0 Å². The minimum Gasteiger partial charge on any atom is -0.337 e. The van der Waals surface area contributed by atoms with Gasteiger partial charge in [-0.05, 0) is 17.7 Å². The zero-order valence-corrected chi connectivity index (χ0v) is 15.5. The average Bonchev–Trinajstić information content (AvgIpc) is 3.09. The van der Waals surface area contributed by atoms with Crippen molar-refractivity contribution in [3.05, 3.63) is 65.5 Å². The molecule has 0 atom stereocenters. The molecule has 6 N–H and O–H groups in total. The summed E-state index contributed by atoms with van der Waals surface area (Å²) < 4.78 is 1.93. The largest absolute Gasteiger partial charge is 0.337 e. The molecule has 2 aromatic carbocycles. The molecule has 6 nitrogen and oxygen atoms in total. The number of benzene rings is 2. The van der Waals surface area contributed by atoms with E-state index in [1.807, 2.05) is 41.0 Å². The standard InChI is InChI=1S/C17H19N6.Ir/c18-8-12-4-1-2-7-15(12)17-22-21-11-23(17)16-13(9-19)5-3-6-14(16)10-20;/h2-7,11H,8-10,18-20H2;/q-1;. The SMILES string of the molecule is NCc1c[c-]ccc1-c1nncn1-c1c(CN)cccc1CN.[Ir]. The predicted octanol–water partition coefficient (Wildman–Crippen LogP) is 1.11. The molecule has 7 heteroatoms. The number of rotatable bonds is 5. The van der Waals surface area contributed by atoms with E-state index in [0.29, 0.717) is 19.6 Å². The fraction of sp³-hybridized carbons (Fsp3) is 0.176. The van der Waals surface area contributed by atoms with E-state index in [-0.39, 0.29) is 20.1 Å². The molecule has 1 heterocycles. The molecule has 0 unspecified atom stereocenters. The Balaban J connectivity index is 0.00000208. The van der Waals surface area contributed by atoms with Gasteiger partial charge in [-0.2, -0.15) is 24.3 Å². The van der Waals surface area contributed by atoms with Crippen molar-refractivity contribution in [2.45, 2.75) is 19.6 Å². The first-order valence-corrected chi connectivity index (χ1v) is 7.40. The van der Waals surface area contributed by atoms with Gasteiger partial charge in [0.2, 0.25) is 0 Å². The van der Waals surface area contributed by atoms with Gasteiger partial charge in [-0.3, -0.25) is 4.57 Å². The molecular formula is C17H19IrN6-. The molecule has 24 heavy (non-hydrogen) atoms. The molecule has 0 saturated carbocycles. The number of nitrogens with zero attached hydrogens (tertiary/aromatic N) is 3. The van der Waals surface area contributed by atoms with E-state index in [4.69, 9.17) is 17.2 Å². The third kappa shape index (κ3) is 3.31. The van der Waals surface area contributed by atoms with Crippen molar-refractivity contribution in [2.75, 3.05) is 0 Å². The summed E-state index contributed by atoms with van der Waals surface area (Å²) in [4.78, 5) is 0. The zero-order chi connectivity index (χ0) is 16.2. The van der Waals surface area contributed by atoms with Crippen molar-refractivity contribution in [3.63, 3.8) is 0 Å². The molecule has 0 bridgehead atoms. The summed E-state index contributed by atoms with van der Waals surface area (Å²) in [5, 5.41) is 8.37. The van der Waals surface area contributed by atoms with Crippen molar-refractivity contribution in [2.24, 2.45) is 17.2 Å². The first kappa shape index (κ1) is 18.4. The van der Waals surface area contributed by atoms with Crippen LogP contribution in [0.1, 0.15) is 16.7 Å². The summed E-state index contributed by atoms with van der Waals surface area (Å²) in [6.07, 6.45) is 1.68. The van der Waals surface area contributed by atoms with Gasteiger partial charge in [0, 0.05) is 33.2 Å². The van der Waals surface area contributed by atoms with Crippen LogP contribution in [-0.4, -0.2) is 14.8 Å². The van der Waals surface area contributed by atoms with Crippen LogP contribution in [0.5, 0.6) is 0 Å². The van der Waals surface area contributed by atoms with Crippen molar-refractivity contribution in [1.82, 2.24) is 14.8 Å². The third-order valence-corrected chi connectivity index (χ3v) is 3.84. The minimum atomic E-state index is 0. The third-order valence-electron chi connectivity index (χ3n) is 3.84. The molecule has 0 aliphatic carbocycles. The molecule has 0 amide bonds. The number of aromatic nitrogens is 3. The van der Waals surface area contributed by atoms with Crippen LogP contribution in [0.25, 0.3) is 17.1 Å². The maximum Gasteiger partial charge on any atom is 0.144 e. The van der Waals surface area contributed by atoms with Crippen LogP contribution in [0.3, 0.4) is 0 Å². The Morgan fingerprint density at radius 1 is 0.958 bits per heavy atom. The van der Waals surface area contributed by atoms with Gasteiger partial charge < -0.3 is 17.2 Å². The molecule has 0 aliphatic heterocycles. The first-order valence-electron chi connectivity index (χ1n) is 7.40. The maximum absolute atomic E-state index is 5.91. The molecule has 1 radical (unpaired) electrons. The molecule has 0 aliphatic rings. The fourth-order valence-corrected chi connectivity index (χ4v) is 2.72. The van der Waals surface area contributed by atoms with Crippen LogP contribution in [0.15, 0.2) is 42.7 Å². The van der Waals surface area contributed by atoms with Gasteiger partial charge in [0.05, 0.1) is 5.69 Å². The summed E-state index contributed by atoms with van der Waals surface area (Å²) in [6, 6.07) is 14.6. The predicted molar refractivity (Wildman–Crippen MR) is 89.3 cm³/mol. The van der Waals surface area contributed by atoms with Crippen molar-refractivity contribution in [3.8, 4) is 17.1 Å². The van der Waals surface area contributed by atoms with Crippen LogP contribution >= 0.6 is 0 Å². The van der Waals surface area contributed by atoms with E-state index in [1.165, 1.54) is 0 Å². The molecule has 127 valence electrons. The van der Waals surface area contributed by atoms with Gasteiger partial charge >= 0.3 is 0 Å². The second-order valence-corrected chi connectivity index (χ2v) is 5.15. The smallest absolute Gasteiger partial charge is 0.144 e. The van der Waals surface area contributed by atoms with Gasteiger partial charge in [-0.25, -0.2) is 0 Å². The minimum absolute atomic E-state index is 0. The van der Waals surface area contributed by atoms with Crippen LogP contribution in [0.2, 0.25) is 0 Å². The summed E-state index contributed by atoms with van der Waals surface area (Å²) in [6.45, 7) is 1.22. The Morgan fingerprint density at radius 2 is 1.62 bits per heavy atom. The van der Waals surface area contributed by atoms with Crippen LogP contribution in [0, 0.1) is 6.07 Å². The second kappa shape index (κ2) is 8.28. The molecule has 0 saturated heterocycles. The van der Waals surface area contributed by atoms with Crippen LogP contribution in [-0.2, 0) is 39.7 Å². The Hall–Kier alpha value is -1.89. The average molecular weight is 500 g/mol. The molecule has 0 fully saturated rings. The van der Waals surface area contributed by atoms with E-state index in [0.717, 1.165) is 33.8 Å². The quantitative estimate of drug-likeness (QED) is 0.456. The van der Waals surface area contributed by atoms with Gasteiger partial charge in [0.15, 0.2) is 0 Å². The normalized spacial score (nSPS) is 10.5. The Bertz CT molecular complexity index is 792. The molecule has 0 spiro atoms. The summed E-state index contributed by atoms with van der Waals surface area (Å²) >= 11 is 0. The van der Waals surface area contributed by atoms with E-state index in [2.05, 4.69) is 16.3 Å². The summed E-state index contributed by atoms with van der Waals surface area (Å²) in [5.74, 6) is 0.718. The molecule has 1 aromatic heterocycles. The number of nitrogens with two attached hydrogens (primary N) is 3. The second-order valence-electron chi connectivity index (χ2n) is 5.15. The van der Waals surface area contributed by atoms with Crippen LogP contribution < -0.4 is 17.2 Å². The zero-order valence-electron chi connectivity index (χ0n) is 13.1. The Kier molecular flexibility index (Phi) is 6.36. The van der Waals surface area contributed by atoms with E-state index in [1.54, 1.807) is 6.33 Å². The van der Waals surface area contributed by atoms with E-state index < -0.39 is 0 Å². The topological polar surface area (TPSA) is 109 Å². The van der Waals surface area contributed by atoms with Gasteiger partial charge in [-0.15, -0.1) is 15.8 Å². The molecular weight excluding hydrogens is 480 g/mol.